The summed E-state index contributed by atoms with van der Waals surface area (Å²) in [5.74, 6) is 11.7. The molecule has 1 spiro atoms. The predicted octanol–water partition coefficient (Wildman–Crippen LogP) is -1.68. The fraction of sp³-hybridized carbons (Fsp3) is 0.541. The van der Waals surface area contributed by atoms with Crippen LogP contribution in [0, 0.1) is 29.6 Å². The lowest BCUT2D eigenvalue weighted by atomic mass is 9.68. The highest BCUT2D eigenvalue weighted by Gasteiger charge is 2.49. The van der Waals surface area contributed by atoms with E-state index in [-0.39, 0.29) is 11.7 Å². The molecule has 2 aromatic carbocycles. The smallest absolute Gasteiger partial charge is 0.167 e. The number of carbonyl (C=O) groups excluding carboxylic acids is 1. The number of nitrogens with one attached hydrogen (secondary N) is 1. The second-order valence-electron chi connectivity index (χ2n) is 13.7. The Morgan fingerprint density at radius 3 is 1.90 bits per heavy atom. The number of rotatable bonds is 4. The van der Waals surface area contributed by atoms with Crippen LogP contribution in [0.5, 0.6) is 0 Å². The molecule has 10 atom stereocenters. The van der Waals surface area contributed by atoms with E-state index in [2.05, 4.69) is 29.0 Å². The molecule has 12 heteroatoms. The van der Waals surface area contributed by atoms with E-state index in [4.69, 9.17) is 9.47 Å². The summed E-state index contributed by atoms with van der Waals surface area (Å²) in [6.07, 6.45) is -10.6. The molecule has 0 unspecified atom stereocenters. The van der Waals surface area contributed by atoms with Gasteiger partial charge in [-0.3, -0.25) is 4.79 Å². The molecule has 0 bridgehead atoms. The van der Waals surface area contributed by atoms with Crippen LogP contribution in [0.15, 0.2) is 30.3 Å². The first kappa shape index (κ1) is 34.2. The van der Waals surface area contributed by atoms with Crippen LogP contribution < -0.4 is 5.32 Å². The molecular weight excluding hydrogens is 634 g/mol. The lowest BCUT2D eigenvalue weighted by molar-refractivity contribution is -0.214. The molecule has 9 N–H and O–H groups in total. The van der Waals surface area contributed by atoms with Gasteiger partial charge >= 0.3 is 0 Å². The Morgan fingerprint density at radius 1 is 0.755 bits per heavy atom. The number of Topliss-reactive ketones (excluding diaryl/α,β-unsaturated/α-hetero) is 1. The van der Waals surface area contributed by atoms with Crippen LogP contribution in [0.4, 0.5) is 0 Å². The van der Waals surface area contributed by atoms with Crippen molar-refractivity contribution in [1.29, 1.82) is 0 Å². The summed E-state index contributed by atoms with van der Waals surface area (Å²) in [4.78, 5) is 14.2. The Morgan fingerprint density at radius 2 is 1.33 bits per heavy atom. The van der Waals surface area contributed by atoms with Crippen LogP contribution in [-0.4, -0.2) is 134 Å². The lowest BCUT2D eigenvalue weighted by Crippen LogP contribution is -2.58. The van der Waals surface area contributed by atoms with Gasteiger partial charge in [-0.1, -0.05) is 35.8 Å². The average molecular weight is 676 g/mol. The first-order valence-electron chi connectivity index (χ1n) is 16.8. The summed E-state index contributed by atoms with van der Waals surface area (Å²) in [7, 11) is 0. The lowest BCUT2D eigenvalue weighted by Gasteiger charge is -2.38. The largest absolute Gasteiger partial charge is 0.394 e. The average Bonchev–Trinajstić information content (AvgIpc) is 3.94. The second-order valence-corrected chi connectivity index (χ2v) is 13.7. The van der Waals surface area contributed by atoms with Gasteiger partial charge in [0.2, 0.25) is 0 Å². The van der Waals surface area contributed by atoms with E-state index in [0.29, 0.717) is 42.6 Å². The zero-order valence-corrected chi connectivity index (χ0v) is 26.7. The third-order valence-corrected chi connectivity index (χ3v) is 10.7. The Hall–Kier alpha value is -3.21. The number of ketones is 1. The van der Waals surface area contributed by atoms with Crippen molar-refractivity contribution < 1.29 is 55.1 Å². The van der Waals surface area contributed by atoms with Gasteiger partial charge in [-0.15, -0.1) is 0 Å². The molecule has 3 saturated heterocycles. The minimum absolute atomic E-state index is 0.00305. The van der Waals surface area contributed by atoms with Crippen LogP contribution in [0.2, 0.25) is 0 Å². The van der Waals surface area contributed by atoms with Gasteiger partial charge in [-0.25, -0.2) is 0 Å². The molecule has 5 aliphatic rings. The van der Waals surface area contributed by atoms with Crippen molar-refractivity contribution in [2.45, 2.75) is 92.1 Å². The van der Waals surface area contributed by atoms with Gasteiger partial charge in [-0.05, 0) is 79.2 Å². The number of carbonyl (C=O) groups is 1. The molecule has 0 radical (unpaired) electrons. The number of fused-ring (bicyclic) bond motifs is 5. The third-order valence-electron chi connectivity index (χ3n) is 10.7. The summed E-state index contributed by atoms with van der Waals surface area (Å²) >= 11 is 0. The molecule has 49 heavy (non-hydrogen) atoms. The highest BCUT2D eigenvalue weighted by molar-refractivity contribution is 6.06. The minimum atomic E-state index is -1.57. The molecule has 3 aliphatic heterocycles. The van der Waals surface area contributed by atoms with E-state index in [9.17, 15) is 45.6 Å². The maximum atomic E-state index is 14.2. The fourth-order valence-corrected chi connectivity index (χ4v) is 7.74. The normalized spacial score (nSPS) is 34.6. The molecule has 7 rings (SSSR count). The van der Waals surface area contributed by atoms with Crippen molar-refractivity contribution in [2.75, 3.05) is 26.3 Å². The highest BCUT2D eigenvalue weighted by atomic mass is 16.5. The first-order chi connectivity index (χ1) is 23.6. The number of piperidine rings is 1. The zero-order valence-electron chi connectivity index (χ0n) is 26.7. The van der Waals surface area contributed by atoms with Crippen molar-refractivity contribution in [3.8, 4) is 34.8 Å². The number of hydrogen-bond acceptors (Lipinski definition) is 12. The van der Waals surface area contributed by atoms with Gasteiger partial charge in [-0.2, -0.15) is 0 Å². The Kier molecular flexibility index (Phi) is 9.43. The zero-order chi connectivity index (χ0) is 34.6. The summed E-state index contributed by atoms with van der Waals surface area (Å²) < 4.78 is 11.2. The van der Waals surface area contributed by atoms with Gasteiger partial charge in [0, 0.05) is 28.0 Å². The molecule has 2 aromatic rings. The van der Waals surface area contributed by atoms with Crippen LogP contribution >= 0.6 is 0 Å². The quantitative estimate of drug-likeness (QED) is 0.132. The summed E-state index contributed by atoms with van der Waals surface area (Å²) in [5, 5.41) is 84.6. The van der Waals surface area contributed by atoms with E-state index in [1.807, 2.05) is 24.3 Å². The topological polar surface area (TPSA) is 209 Å². The molecule has 1 saturated carbocycles. The molecule has 0 amide bonds. The number of hydrogen-bond donors (Lipinski definition) is 9. The molecule has 12 nitrogen and oxygen atoms in total. The van der Waals surface area contributed by atoms with Crippen LogP contribution in [0.25, 0.3) is 11.1 Å². The maximum absolute atomic E-state index is 14.2. The molecule has 4 fully saturated rings. The number of aliphatic hydroxyl groups excluding tert-OH is 8. The molecule has 3 heterocycles. The van der Waals surface area contributed by atoms with E-state index >= 15 is 0 Å². The van der Waals surface area contributed by atoms with Crippen LogP contribution in [-0.2, 0) is 14.9 Å². The summed E-state index contributed by atoms with van der Waals surface area (Å²) in [5.41, 5.74) is 4.89. The Labute approximate surface area is 283 Å². The van der Waals surface area contributed by atoms with Gasteiger partial charge in [0.15, 0.2) is 5.78 Å². The predicted molar refractivity (Wildman–Crippen MR) is 173 cm³/mol. The van der Waals surface area contributed by atoms with E-state index in [1.165, 1.54) is 0 Å². The van der Waals surface area contributed by atoms with Crippen molar-refractivity contribution in [3.63, 3.8) is 0 Å². The van der Waals surface area contributed by atoms with Gasteiger partial charge in [0.25, 0.3) is 0 Å². The van der Waals surface area contributed by atoms with Crippen molar-refractivity contribution in [2.24, 2.45) is 5.92 Å². The molecule has 2 aliphatic carbocycles. The van der Waals surface area contributed by atoms with Crippen LogP contribution in [0.1, 0.15) is 58.3 Å². The minimum Gasteiger partial charge on any atom is -0.394 e. The van der Waals surface area contributed by atoms with Crippen molar-refractivity contribution in [1.82, 2.24) is 5.32 Å². The van der Waals surface area contributed by atoms with E-state index in [1.54, 1.807) is 6.07 Å². The van der Waals surface area contributed by atoms with Gasteiger partial charge in [0.1, 0.15) is 61.0 Å². The summed E-state index contributed by atoms with van der Waals surface area (Å²) in [6.45, 7) is 0.291. The monoisotopic (exact) mass is 675 g/mol. The molecule has 260 valence electrons. The number of ether oxygens (including phenoxy) is 2. The van der Waals surface area contributed by atoms with Crippen molar-refractivity contribution >= 4 is 5.78 Å². The third kappa shape index (κ3) is 5.91. The maximum Gasteiger partial charge on any atom is 0.167 e. The van der Waals surface area contributed by atoms with Gasteiger partial charge in [0.05, 0.1) is 13.2 Å². The molecule has 0 aromatic heterocycles. The van der Waals surface area contributed by atoms with E-state index < -0.39 is 79.7 Å². The van der Waals surface area contributed by atoms with Crippen LogP contribution in [0.3, 0.4) is 0 Å². The molecular formula is C37H41NO11. The SMILES string of the molecule is O=C(c1c(C#C[C@H]2O[C@H](CO)[C@@H](O)[C@H](O)[C@@H]2O)ccc2c1C1(CCNCC1)c1cc(C#C[C@H]3O[C@H](CO)[C@@H](O)[C@H](O)[C@@H]3O)ccc1-2)C1CC1. The second kappa shape index (κ2) is 13.5. The van der Waals surface area contributed by atoms with Gasteiger partial charge < -0.3 is 55.6 Å². The fourth-order valence-electron chi connectivity index (χ4n) is 7.74. The Balaban J connectivity index is 1.30. The number of aliphatic hydroxyl groups is 8. The standard InChI is InChI=1S/C37H41NO11/c39-16-26-33(44)35(46)31(42)24(48-26)9-2-18-1-7-21-22-8-5-19(6-10-25-32(43)36(47)34(45)27(17-40)49-25)28(30(41)20-3-4-20)29(22)37(23(21)15-18)11-13-38-14-12-37/h1,5,7-8,15,20,24-27,31-36,38-40,42-47H,3-4,11-14,16-17H2/t24-,25-,26-,27-,31-,32-,33-,34-,35-,36-/m1/s1. The van der Waals surface area contributed by atoms with Crippen molar-refractivity contribution in [3.05, 3.63) is 58.1 Å². The highest BCUT2D eigenvalue weighted by Crippen LogP contribution is 2.56. The Bertz CT molecular complexity index is 1720. The van der Waals surface area contributed by atoms with E-state index in [0.717, 1.165) is 35.1 Å². The summed E-state index contributed by atoms with van der Waals surface area (Å²) in [6, 6.07) is 9.54. The number of benzene rings is 2. The first-order valence-corrected chi connectivity index (χ1v) is 16.8.